The van der Waals surface area contributed by atoms with Crippen LogP contribution in [0, 0.1) is 0 Å². The zero-order valence-corrected chi connectivity index (χ0v) is 14.8. The molecular weight excluding hydrogens is 340 g/mol. The van der Waals surface area contributed by atoms with Crippen molar-refractivity contribution >= 4 is 27.1 Å². The number of morpholine rings is 1. The molecule has 7 heteroatoms. The predicted molar refractivity (Wildman–Crippen MR) is 97.0 cm³/mol. The summed E-state index contributed by atoms with van der Waals surface area (Å²) in [6.45, 7) is 3.05. The number of carbonyl (C=O) groups excluding carboxylic acids is 1. The molecule has 0 aromatic heterocycles. The summed E-state index contributed by atoms with van der Waals surface area (Å²) in [5, 5.41) is 2.68. The molecule has 0 radical (unpaired) electrons. The highest BCUT2D eigenvalue weighted by Crippen LogP contribution is 2.22. The van der Waals surface area contributed by atoms with E-state index in [9.17, 15) is 13.2 Å². The van der Waals surface area contributed by atoms with E-state index in [0.29, 0.717) is 18.8 Å². The zero-order chi connectivity index (χ0) is 17.9. The first-order chi connectivity index (χ1) is 11.9. The van der Waals surface area contributed by atoms with E-state index in [4.69, 9.17) is 4.74 Å². The lowest BCUT2D eigenvalue weighted by atomic mass is 10.1. The zero-order valence-electron chi connectivity index (χ0n) is 13.9. The third-order valence-corrected chi connectivity index (χ3v) is 5.20. The van der Waals surface area contributed by atoms with E-state index >= 15 is 0 Å². The maximum atomic E-state index is 12.4. The Labute approximate surface area is 147 Å². The fourth-order valence-electron chi connectivity index (χ4n) is 2.73. The molecule has 2 aromatic rings. The fraction of sp³-hybridized carbons (Fsp3) is 0.278. The first-order valence-corrected chi connectivity index (χ1v) is 9.87. The van der Waals surface area contributed by atoms with Gasteiger partial charge < -0.3 is 15.0 Å². The lowest BCUT2D eigenvalue weighted by molar-refractivity contribution is 0.102. The Kier molecular flexibility index (Phi) is 5.06. The SMILES string of the molecule is CS(=O)(=O)c1ccccc1NC(=O)c1ccc(N2CCOCC2)cc1. The number of ether oxygens (including phenoxy) is 1. The van der Waals surface area contributed by atoms with Gasteiger partial charge in [-0.05, 0) is 36.4 Å². The Hall–Kier alpha value is -2.38. The minimum atomic E-state index is -3.42. The second kappa shape index (κ2) is 7.25. The Balaban J connectivity index is 1.76. The first-order valence-electron chi connectivity index (χ1n) is 7.98. The lowest BCUT2D eigenvalue weighted by Gasteiger charge is -2.28. The van der Waals surface area contributed by atoms with Gasteiger partial charge >= 0.3 is 0 Å². The molecule has 1 N–H and O–H groups in total. The molecule has 2 aromatic carbocycles. The van der Waals surface area contributed by atoms with Crippen molar-refractivity contribution in [3.8, 4) is 0 Å². The number of nitrogens with one attached hydrogen (secondary N) is 1. The molecular formula is C18H20N2O4S. The molecule has 3 rings (SSSR count). The first kappa shape index (κ1) is 17.4. The second-order valence-electron chi connectivity index (χ2n) is 5.87. The van der Waals surface area contributed by atoms with Gasteiger partial charge in [-0.25, -0.2) is 8.42 Å². The average molecular weight is 360 g/mol. The summed E-state index contributed by atoms with van der Waals surface area (Å²) in [7, 11) is -3.42. The Bertz CT molecular complexity index is 857. The Morgan fingerprint density at radius 2 is 1.68 bits per heavy atom. The molecule has 25 heavy (non-hydrogen) atoms. The number of carbonyl (C=O) groups is 1. The van der Waals surface area contributed by atoms with Gasteiger partial charge in [-0.15, -0.1) is 0 Å². The van der Waals surface area contributed by atoms with E-state index in [0.717, 1.165) is 25.0 Å². The summed E-state index contributed by atoms with van der Waals surface area (Å²) in [4.78, 5) is 14.7. The van der Waals surface area contributed by atoms with Gasteiger partial charge in [0, 0.05) is 30.6 Å². The van der Waals surface area contributed by atoms with Gasteiger partial charge in [0.05, 0.1) is 23.8 Å². The number of hydrogen-bond donors (Lipinski definition) is 1. The summed E-state index contributed by atoms with van der Waals surface area (Å²) < 4.78 is 29.0. The molecule has 6 nitrogen and oxygen atoms in total. The molecule has 0 bridgehead atoms. The maximum Gasteiger partial charge on any atom is 0.255 e. The van der Waals surface area contributed by atoms with Gasteiger partial charge in [-0.1, -0.05) is 12.1 Å². The fourth-order valence-corrected chi connectivity index (χ4v) is 3.58. The van der Waals surface area contributed by atoms with Crippen LogP contribution in [0.3, 0.4) is 0 Å². The van der Waals surface area contributed by atoms with Crippen molar-refractivity contribution in [2.45, 2.75) is 4.90 Å². The van der Waals surface area contributed by atoms with Gasteiger partial charge in [0.25, 0.3) is 5.91 Å². The van der Waals surface area contributed by atoms with Crippen molar-refractivity contribution in [3.63, 3.8) is 0 Å². The molecule has 0 saturated carbocycles. The summed E-state index contributed by atoms with van der Waals surface area (Å²) in [6.07, 6.45) is 1.12. The van der Waals surface area contributed by atoms with Gasteiger partial charge in [-0.3, -0.25) is 4.79 Å². The molecule has 1 heterocycles. The number of sulfone groups is 1. The topological polar surface area (TPSA) is 75.7 Å². The number of rotatable bonds is 4. The minimum absolute atomic E-state index is 0.105. The number of nitrogens with zero attached hydrogens (tertiary/aromatic N) is 1. The molecule has 0 unspecified atom stereocenters. The smallest absolute Gasteiger partial charge is 0.255 e. The lowest BCUT2D eigenvalue weighted by Crippen LogP contribution is -2.36. The molecule has 1 saturated heterocycles. The molecule has 0 aliphatic carbocycles. The van der Waals surface area contributed by atoms with Crippen LogP contribution in [0.1, 0.15) is 10.4 Å². The molecule has 0 atom stereocenters. The third-order valence-electron chi connectivity index (χ3n) is 4.04. The minimum Gasteiger partial charge on any atom is -0.378 e. The van der Waals surface area contributed by atoms with Crippen LogP contribution >= 0.6 is 0 Å². The summed E-state index contributed by atoms with van der Waals surface area (Å²) in [5.41, 5.74) is 1.80. The molecule has 1 aliphatic rings. The van der Waals surface area contributed by atoms with Gasteiger partial charge in [0.1, 0.15) is 0 Å². The van der Waals surface area contributed by atoms with Crippen LogP contribution in [-0.2, 0) is 14.6 Å². The maximum absolute atomic E-state index is 12.4. The van der Waals surface area contributed by atoms with Crippen molar-refractivity contribution in [1.82, 2.24) is 0 Å². The van der Waals surface area contributed by atoms with Crippen LogP contribution in [0.4, 0.5) is 11.4 Å². The van der Waals surface area contributed by atoms with E-state index in [-0.39, 0.29) is 16.5 Å². The largest absolute Gasteiger partial charge is 0.378 e. The number of hydrogen-bond acceptors (Lipinski definition) is 5. The van der Waals surface area contributed by atoms with E-state index in [2.05, 4.69) is 10.2 Å². The summed E-state index contributed by atoms with van der Waals surface area (Å²) in [6, 6.07) is 13.6. The summed E-state index contributed by atoms with van der Waals surface area (Å²) >= 11 is 0. The third kappa shape index (κ3) is 4.18. The van der Waals surface area contributed by atoms with Crippen molar-refractivity contribution in [3.05, 3.63) is 54.1 Å². The molecule has 0 spiro atoms. The molecule has 1 fully saturated rings. The van der Waals surface area contributed by atoms with Crippen LogP contribution in [-0.4, -0.2) is 46.9 Å². The normalized spacial score (nSPS) is 15.0. The van der Waals surface area contributed by atoms with Gasteiger partial charge in [0.15, 0.2) is 9.84 Å². The molecule has 132 valence electrons. The number of amides is 1. The highest BCUT2D eigenvalue weighted by molar-refractivity contribution is 7.90. The number of para-hydroxylation sites is 1. The number of benzene rings is 2. The highest BCUT2D eigenvalue weighted by Gasteiger charge is 2.16. The van der Waals surface area contributed by atoms with Crippen LogP contribution in [0.15, 0.2) is 53.4 Å². The van der Waals surface area contributed by atoms with Crippen molar-refractivity contribution in [2.24, 2.45) is 0 Å². The van der Waals surface area contributed by atoms with E-state index in [1.165, 1.54) is 6.07 Å². The van der Waals surface area contributed by atoms with Crippen molar-refractivity contribution in [1.29, 1.82) is 0 Å². The molecule has 1 aliphatic heterocycles. The Morgan fingerprint density at radius 3 is 2.32 bits per heavy atom. The highest BCUT2D eigenvalue weighted by atomic mass is 32.2. The average Bonchev–Trinajstić information content (AvgIpc) is 2.62. The Morgan fingerprint density at radius 1 is 1.04 bits per heavy atom. The van der Waals surface area contributed by atoms with Crippen LogP contribution < -0.4 is 10.2 Å². The standard InChI is InChI=1S/C18H20N2O4S/c1-25(22,23)17-5-3-2-4-16(17)19-18(21)14-6-8-15(9-7-14)20-10-12-24-13-11-20/h2-9H,10-13H2,1H3,(H,19,21). The van der Waals surface area contributed by atoms with Crippen molar-refractivity contribution in [2.75, 3.05) is 42.8 Å². The van der Waals surface area contributed by atoms with E-state index < -0.39 is 9.84 Å². The monoisotopic (exact) mass is 360 g/mol. The van der Waals surface area contributed by atoms with Crippen molar-refractivity contribution < 1.29 is 17.9 Å². The second-order valence-corrected chi connectivity index (χ2v) is 7.85. The quantitative estimate of drug-likeness (QED) is 0.904. The predicted octanol–water partition coefficient (Wildman–Crippen LogP) is 2.18. The van der Waals surface area contributed by atoms with Gasteiger partial charge in [-0.2, -0.15) is 0 Å². The van der Waals surface area contributed by atoms with Crippen LogP contribution in [0.25, 0.3) is 0 Å². The molecule has 1 amide bonds. The van der Waals surface area contributed by atoms with Gasteiger partial charge in [0.2, 0.25) is 0 Å². The van der Waals surface area contributed by atoms with Crippen LogP contribution in [0.2, 0.25) is 0 Å². The van der Waals surface area contributed by atoms with Crippen LogP contribution in [0.5, 0.6) is 0 Å². The van der Waals surface area contributed by atoms with E-state index in [1.807, 2.05) is 12.1 Å². The number of anilines is 2. The summed E-state index contributed by atoms with van der Waals surface area (Å²) in [5.74, 6) is -0.343. The van der Waals surface area contributed by atoms with E-state index in [1.54, 1.807) is 30.3 Å².